The van der Waals surface area contributed by atoms with Crippen molar-refractivity contribution in [2.75, 3.05) is 18.5 Å². The first-order chi connectivity index (χ1) is 17.0. The van der Waals surface area contributed by atoms with E-state index in [0.717, 1.165) is 4.57 Å². The van der Waals surface area contributed by atoms with Crippen molar-refractivity contribution < 1.29 is 13.5 Å². The van der Waals surface area contributed by atoms with Crippen LogP contribution in [0.5, 0.6) is 0 Å². The minimum absolute atomic E-state index is 0.0176. The van der Waals surface area contributed by atoms with Crippen LogP contribution in [0, 0.1) is 19.7 Å². The number of pyridine rings is 1. The first kappa shape index (κ1) is 23.7. The van der Waals surface area contributed by atoms with Crippen molar-refractivity contribution in [1.82, 2.24) is 13.7 Å². The van der Waals surface area contributed by atoms with E-state index >= 15 is 4.39 Å². The molecule has 4 aromatic rings. The van der Waals surface area contributed by atoms with Crippen LogP contribution in [-0.4, -0.2) is 26.9 Å². The van der Waals surface area contributed by atoms with E-state index < -0.39 is 28.3 Å². The lowest BCUT2D eigenvalue weighted by Gasteiger charge is -2.34. The Morgan fingerprint density at radius 3 is 2.33 bits per heavy atom. The van der Waals surface area contributed by atoms with Gasteiger partial charge in [0, 0.05) is 19.7 Å². The van der Waals surface area contributed by atoms with Crippen molar-refractivity contribution in [3.05, 3.63) is 96.2 Å². The number of anilines is 2. The number of ether oxygens (including phenoxy) is 1. The number of benzene rings is 2. The molecule has 1 N–H and O–H groups in total. The zero-order valence-electron chi connectivity index (χ0n) is 20.2. The lowest BCUT2D eigenvalue weighted by atomic mass is 9.93. The number of hydrogen-bond donors (Lipinski definition) is 1. The molecule has 10 heteroatoms. The van der Waals surface area contributed by atoms with Gasteiger partial charge in [-0.3, -0.25) is 23.3 Å². The Kier molecular flexibility index (Phi) is 5.44. The van der Waals surface area contributed by atoms with Gasteiger partial charge in [-0.05, 0) is 49.2 Å². The summed E-state index contributed by atoms with van der Waals surface area (Å²) in [6.45, 7) is 3.05. The molecule has 2 aromatic carbocycles. The molecule has 0 saturated carbocycles. The van der Waals surface area contributed by atoms with Crippen LogP contribution in [0.1, 0.15) is 16.7 Å². The number of hydrogen-bond acceptors (Lipinski definition) is 5. The molecule has 1 saturated heterocycles. The van der Waals surface area contributed by atoms with Crippen molar-refractivity contribution in [2.45, 2.75) is 19.5 Å². The fourth-order valence-corrected chi connectivity index (χ4v) is 4.51. The number of rotatable bonds is 4. The lowest BCUT2D eigenvalue weighted by molar-refractivity contribution is -0.135. The highest BCUT2D eigenvalue weighted by Gasteiger charge is 2.40. The van der Waals surface area contributed by atoms with Gasteiger partial charge in [0.05, 0.1) is 30.1 Å². The van der Waals surface area contributed by atoms with Crippen molar-refractivity contribution in [1.29, 1.82) is 0 Å². The molecule has 186 valence electrons. The second kappa shape index (κ2) is 8.27. The van der Waals surface area contributed by atoms with Gasteiger partial charge in [-0.2, -0.15) is 0 Å². The van der Waals surface area contributed by atoms with Gasteiger partial charge < -0.3 is 10.1 Å². The highest BCUT2D eigenvalue weighted by atomic mass is 19.1. The number of aryl methyl sites for hydroxylation is 2. The lowest BCUT2D eigenvalue weighted by Crippen LogP contribution is -2.43. The number of nitrogens with one attached hydrogen (secondary N) is 1. The van der Waals surface area contributed by atoms with Gasteiger partial charge in [-0.15, -0.1) is 0 Å². The van der Waals surface area contributed by atoms with E-state index in [-0.39, 0.29) is 46.9 Å². The third-order valence-corrected chi connectivity index (χ3v) is 6.67. The van der Waals surface area contributed by atoms with Gasteiger partial charge in [0.2, 0.25) is 0 Å². The van der Waals surface area contributed by atoms with Crippen molar-refractivity contribution in [3.8, 4) is 5.69 Å². The average Bonchev–Trinajstić information content (AvgIpc) is 2.83. The molecule has 3 heterocycles. The summed E-state index contributed by atoms with van der Waals surface area (Å²) >= 11 is 0. The van der Waals surface area contributed by atoms with E-state index in [1.165, 1.54) is 48.4 Å². The topological polar surface area (TPSA) is 87.3 Å². The molecule has 0 spiro atoms. The third kappa shape index (κ3) is 3.48. The summed E-state index contributed by atoms with van der Waals surface area (Å²) in [5, 5.41) is 2.90. The Labute approximate surface area is 204 Å². The molecule has 1 aliphatic heterocycles. The van der Waals surface area contributed by atoms with Crippen LogP contribution in [0.4, 0.5) is 20.3 Å². The van der Waals surface area contributed by atoms with Crippen LogP contribution in [0.25, 0.3) is 16.6 Å². The Morgan fingerprint density at radius 2 is 1.69 bits per heavy atom. The maximum Gasteiger partial charge on any atom is 0.335 e. The number of halogens is 2. The highest BCUT2D eigenvalue weighted by Crippen LogP contribution is 2.35. The first-order valence-corrected chi connectivity index (χ1v) is 11.3. The molecule has 0 bridgehead atoms. The predicted octanol–water partition coefficient (Wildman–Crippen LogP) is 3.08. The summed E-state index contributed by atoms with van der Waals surface area (Å²) in [5.74, 6) is -0.534. The van der Waals surface area contributed by atoms with E-state index in [0.29, 0.717) is 11.1 Å². The van der Waals surface area contributed by atoms with Gasteiger partial charge in [0.25, 0.3) is 11.1 Å². The highest BCUT2D eigenvalue weighted by molar-refractivity contribution is 5.93. The summed E-state index contributed by atoms with van der Waals surface area (Å²) in [6.07, 6.45) is 0. The number of nitrogens with zero attached hydrogens (tertiary/aromatic N) is 3. The zero-order chi connectivity index (χ0) is 25.9. The van der Waals surface area contributed by atoms with Crippen LogP contribution >= 0.6 is 0 Å². The maximum atomic E-state index is 15.1. The van der Waals surface area contributed by atoms with Gasteiger partial charge in [0.15, 0.2) is 5.67 Å². The van der Waals surface area contributed by atoms with Crippen molar-refractivity contribution >= 4 is 22.4 Å². The van der Waals surface area contributed by atoms with Gasteiger partial charge in [0.1, 0.15) is 17.0 Å². The summed E-state index contributed by atoms with van der Waals surface area (Å²) in [7, 11) is 2.78. The van der Waals surface area contributed by atoms with Crippen LogP contribution in [-0.2, 0) is 24.5 Å². The number of aromatic nitrogens is 3. The molecular weight excluding hydrogens is 470 g/mol. The smallest absolute Gasteiger partial charge is 0.335 e. The fraction of sp³-hybridized carbons (Fsp3) is 0.269. The van der Waals surface area contributed by atoms with Gasteiger partial charge in [-0.1, -0.05) is 18.2 Å². The second-order valence-corrected chi connectivity index (χ2v) is 9.16. The minimum atomic E-state index is -1.68. The quantitative estimate of drug-likeness (QED) is 0.471. The molecule has 0 amide bonds. The summed E-state index contributed by atoms with van der Waals surface area (Å²) in [4.78, 5) is 40.0. The van der Waals surface area contributed by atoms with E-state index in [9.17, 15) is 18.8 Å². The molecular formula is C26H24F2N4O4. The summed E-state index contributed by atoms with van der Waals surface area (Å²) in [5.41, 5.74) is -1.95. The second-order valence-electron chi connectivity index (χ2n) is 9.16. The Hall–Kier alpha value is -4.05. The normalized spacial score (nSPS) is 14.6. The molecule has 1 aliphatic rings. The van der Waals surface area contributed by atoms with E-state index in [1.807, 2.05) is 0 Å². The SMILES string of the molecule is Cc1ccc(Nc2c3c(=O)n(C)c(=O)n(-c4cccc(C5(F)COC5)c4)c3c(C)c(=O)n2C)c(F)c1. The minimum Gasteiger partial charge on any atom is -0.374 e. The van der Waals surface area contributed by atoms with E-state index in [4.69, 9.17) is 4.74 Å². The van der Waals surface area contributed by atoms with Crippen LogP contribution in [0.2, 0.25) is 0 Å². The fourth-order valence-electron chi connectivity index (χ4n) is 4.51. The molecule has 0 aliphatic carbocycles. The zero-order valence-corrected chi connectivity index (χ0v) is 20.2. The first-order valence-electron chi connectivity index (χ1n) is 11.3. The molecule has 1 fully saturated rings. The molecule has 5 rings (SSSR count). The molecule has 0 unspecified atom stereocenters. The standard InChI is InChI=1S/C26H24F2N4O4/c1-14-8-9-19(18(27)10-14)29-22-20-21(15(2)23(33)30(22)3)32(25(35)31(4)24(20)34)17-7-5-6-16(11-17)26(28)12-36-13-26/h5-11,29H,12-13H2,1-4H3. The predicted molar refractivity (Wildman–Crippen MR) is 133 cm³/mol. The number of alkyl halides is 1. The van der Waals surface area contributed by atoms with Crippen LogP contribution in [0.3, 0.4) is 0 Å². The van der Waals surface area contributed by atoms with E-state index in [2.05, 4.69) is 5.32 Å². The Morgan fingerprint density at radius 1 is 0.972 bits per heavy atom. The molecule has 2 aromatic heterocycles. The monoisotopic (exact) mass is 494 g/mol. The third-order valence-electron chi connectivity index (χ3n) is 6.67. The number of fused-ring (bicyclic) bond motifs is 1. The average molecular weight is 494 g/mol. The largest absolute Gasteiger partial charge is 0.374 e. The Bertz CT molecular complexity index is 1730. The summed E-state index contributed by atoms with van der Waals surface area (Å²) in [6, 6.07) is 10.8. The van der Waals surface area contributed by atoms with Crippen LogP contribution in [0.15, 0.2) is 56.8 Å². The molecule has 0 radical (unpaired) electrons. The van der Waals surface area contributed by atoms with E-state index in [1.54, 1.807) is 31.2 Å². The van der Waals surface area contributed by atoms with Crippen molar-refractivity contribution in [3.63, 3.8) is 0 Å². The van der Waals surface area contributed by atoms with Crippen molar-refractivity contribution in [2.24, 2.45) is 14.1 Å². The van der Waals surface area contributed by atoms with Gasteiger partial charge >= 0.3 is 5.69 Å². The summed E-state index contributed by atoms with van der Waals surface area (Å²) < 4.78 is 38.2. The Balaban J connectivity index is 1.86. The van der Waals surface area contributed by atoms with Crippen LogP contribution < -0.4 is 22.1 Å². The van der Waals surface area contributed by atoms with Gasteiger partial charge in [-0.25, -0.2) is 13.6 Å². The maximum absolute atomic E-state index is 15.1. The molecule has 36 heavy (non-hydrogen) atoms. The molecule has 0 atom stereocenters. The molecule has 8 nitrogen and oxygen atoms in total.